The summed E-state index contributed by atoms with van der Waals surface area (Å²) in [4.78, 5) is 14.6. The average molecular weight is 324 g/mol. The summed E-state index contributed by atoms with van der Waals surface area (Å²) in [6, 6.07) is 5.42. The Bertz CT molecular complexity index is 598. The van der Waals surface area contributed by atoms with Gasteiger partial charge in [0.15, 0.2) is 5.78 Å². The Kier molecular flexibility index (Phi) is 5.37. The number of methoxy groups -OCH3 is 1. The van der Waals surface area contributed by atoms with E-state index < -0.39 is 0 Å². The van der Waals surface area contributed by atoms with Crippen LogP contribution in [-0.2, 0) is 0 Å². The first kappa shape index (κ1) is 16.0. The fourth-order valence-corrected chi connectivity index (χ4v) is 3.07. The van der Waals surface area contributed by atoms with Crippen molar-refractivity contribution < 1.29 is 9.53 Å². The van der Waals surface area contributed by atoms with Crippen molar-refractivity contribution in [2.24, 2.45) is 0 Å². The van der Waals surface area contributed by atoms with Crippen LogP contribution in [0.3, 0.4) is 0 Å². The molecule has 0 saturated heterocycles. The van der Waals surface area contributed by atoms with E-state index in [2.05, 4.69) is 18.7 Å². The van der Waals surface area contributed by atoms with Gasteiger partial charge in [-0.3, -0.25) is 4.79 Å². The molecule has 0 spiro atoms. The summed E-state index contributed by atoms with van der Waals surface area (Å²) in [5, 5.41) is 3.44. The van der Waals surface area contributed by atoms with Gasteiger partial charge in [0.1, 0.15) is 5.75 Å². The molecule has 0 bridgehead atoms. The van der Waals surface area contributed by atoms with Crippen LogP contribution in [0.15, 0.2) is 40.9 Å². The Labute approximate surface area is 134 Å². The molecule has 1 aromatic carbocycles. The molecule has 0 N–H and O–H groups in total. The second-order valence-corrected chi connectivity index (χ2v) is 6.12. The van der Waals surface area contributed by atoms with Crippen LogP contribution in [0.5, 0.6) is 5.75 Å². The smallest absolute Gasteiger partial charge is 0.192 e. The maximum absolute atomic E-state index is 12.5. The lowest BCUT2D eigenvalue weighted by Crippen LogP contribution is -2.23. The van der Waals surface area contributed by atoms with Gasteiger partial charge in [-0.15, -0.1) is 0 Å². The van der Waals surface area contributed by atoms with E-state index in [0.717, 1.165) is 11.4 Å². The van der Waals surface area contributed by atoms with Crippen molar-refractivity contribution in [1.82, 2.24) is 4.90 Å². The highest BCUT2D eigenvalue weighted by Gasteiger charge is 2.20. The van der Waals surface area contributed by atoms with Crippen LogP contribution in [0.2, 0.25) is 5.02 Å². The first-order chi connectivity index (χ1) is 10.1. The third kappa shape index (κ3) is 3.63. The standard InChI is InChI=1S/C16H18ClNO2S/c1-4-11(2)18-7-8-21-16(18)10-14(19)13-9-12(17)5-6-15(13)20-3/h5-11H,4H2,1-3H3. The zero-order valence-corrected chi connectivity index (χ0v) is 13.9. The number of ether oxygens (including phenoxy) is 1. The molecule has 5 heteroatoms. The lowest BCUT2D eigenvalue weighted by Gasteiger charge is -2.24. The van der Waals surface area contributed by atoms with Crippen LogP contribution in [0.4, 0.5) is 0 Å². The number of carbonyl (C=O) groups excluding carboxylic acids is 1. The first-order valence-corrected chi connectivity index (χ1v) is 8.03. The minimum atomic E-state index is -0.103. The molecular weight excluding hydrogens is 306 g/mol. The van der Waals surface area contributed by atoms with E-state index in [1.54, 1.807) is 43.1 Å². The van der Waals surface area contributed by atoms with Crippen LogP contribution in [0.25, 0.3) is 0 Å². The molecule has 0 radical (unpaired) electrons. The van der Waals surface area contributed by atoms with E-state index in [9.17, 15) is 4.79 Å². The number of rotatable bonds is 5. The summed E-state index contributed by atoms with van der Waals surface area (Å²) in [5.74, 6) is 0.432. The SMILES string of the molecule is CCC(C)N1C=CSC1=CC(=O)c1cc(Cl)ccc1OC. The van der Waals surface area contributed by atoms with Gasteiger partial charge in [-0.05, 0) is 37.0 Å². The predicted octanol–water partition coefficient (Wildman–Crippen LogP) is 4.69. The van der Waals surface area contributed by atoms with Crippen molar-refractivity contribution in [1.29, 1.82) is 0 Å². The van der Waals surface area contributed by atoms with Gasteiger partial charge in [0, 0.05) is 23.3 Å². The van der Waals surface area contributed by atoms with Gasteiger partial charge in [0.2, 0.25) is 0 Å². The summed E-state index contributed by atoms with van der Waals surface area (Å²) in [7, 11) is 1.55. The van der Waals surface area contributed by atoms with E-state index in [1.807, 2.05) is 11.6 Å². The zero-order valence-electron chi connectivity index (χ0n) is 12.3. The lowest BCUT2D eigenvalue weighted by molar-refractivity contribution is 0.104. The molecule has 0 aromatic heterocycles. The highest BCUT2D eigenvalue weighted by molar-refractivity contribution is 8.06. The molecule has 1 unspecified atom stereocenters. The molecule has 2 rings (SSSR count). The molecule has 112 valence electrons. The van der Waals surface area contributed by atoms with Gasteiger partial charge >= 0.3 is 0 Å². The number of hydrogen-bond donors (Lipinski definition) is 0. The molecule has 1 atom stereocenters. The van der Waals surface area contributed by atoms with Gasteiger partial charge in [0.25, 0.3) is 0 Å². The number of nitrogens with zero attached hydrogens (tertiary/aromatic N) is 1. The number of ketones is 1. The van der Waals surface area contributed by atoms with E-state index >= 15 is 0 Å². The molecule has 1 heterocycles. The van der Waals surface area contributed by atoms with E-state index in [4.69, 9.17) is 16.3 Å². The molecule has 0 aliphatic carbocycles. The number of halogens is 1. The Morgan fingerprint density at radius 1 is 1.52 bits per heavy atom. The quantitative estimate of drug-likeness (QED) is 0.580. The highest BCUT2D eigenvalue weighted by Crippen LogP contribution is 2.33. The third-order valence-electron chi connectivity index (χ3n) is 3.41. The normalized spacial score (nSPS) is 17.3. The van der Waals surface area contributed by atoms with Crippen LogP contribution in [0.1, 0.15) is 30.6 Å². The molecule has 3 nitrogen and oxygen atoms in total. The second-order valence-electron chi connectivity index (χ2n) is 4.76. The summed E-state index contributed by atoms with van der Waals surface area (Å²) >= 11 is 7.53. The van der Waals surface area contributed by atoms with E-state index in [0.29, 0.717) is 22.4 Å². The second kappa shape index (κ2) is 7.05. The summed E-state index contributed by atoms with van der Waals surface area (Å²) in [6.07, 6.45) is 4.66. The van der Waals surface area contributed by atoms with Crippen molar-refractivity contribution in [3.63, 3.8) is 0 Å². The fourth-order valence-electron chi connectivity index (χ4n) is 2.03. The Morgan fingerprint density at radius 2 is 2.29 bits per heavy atom. The molecular formula is C16H18ClNO2S. The van der Waals surface area contributed by atoms with Crippen molar-refractivity contribution in [3.05, 3.63) is 51.5 Å². The minimum Gasteiger partial charge on any atom is -0.496 e. The highest BCUT2D eigenvalue weighted by atomic mass is 35.5. The van der Waals surface area contributed by atoms with Crippen molar-refractivity contribution in [2.75, 3.05) is 7.11 Å². The van der Waals surface area contributed by atoms with Crippen LogP contribution >= 0.6 is 23.4 Å². The zero-order chi connectivity index (χ0) is 15.4. The van der Waals surface area contributed by atoms with Crippen LogP contribution in [0, 0.1) is 0 Å². The van der Waals surface area contributed by atoms with Crippen molar-refractivity contribution in [3.8, 4) is 5.75 Å². The number of allylic oxidation sites excluding steroid dienone is 1. The Morgan fingerprint density at radius 3 is 2.95 bits per heavy atom. The molecule has 0 amide bonds. The van der Waals surface area contributed by atoms with Gasteiger partial charge in [-0.1, -0.05) is 30.3 Å². The van der Waals surface area contributed by atoms with Crippen LogP contribution < -0.4 is 4.74 Å². The third-order valence-corrected chi connectivity index (χ3v) is 4.48. The average Bonchev–Trinajstić information content (AvgIpc) is 2.94. The van der Waals surface area contributed by atoms with E-state index in [1.165, 1.54) is 0 Å². The fraction of sp³-hybridized carbons (Fsp3) is 0.312. The molecule has 1 aromatic rings. The predicted molar refractivity (Wildman–Crippen MR) is 88.7 cm³/mol. The van der Waals surface area contributed by atoms with Crippen molar-refractivity contribution in [2.45, 2.75) is 26.3 Å². The monoisotopic (exact) mass is 323 g/mol. The molecule has 0 saturated carbocycles. The maximum Gasteiger partial charge on any atom is 0.192 e. The van der Waals surface area contributed by atoms with Gasteiger partial charge in [0.05, 0.1) is 17.7 Å². The van der Waals surface area contributed by atoms with Gasteiger partial charge < -0.3 is 9.64 Å². The molecule has 21 heavy (non-hydrogen) atoms. The number of benzene rings is 1. The molecule has 1 aliphatic heterocycles. The molecule has 1 aliphatic rings. The lowest BCUT2D eigenvalue weighted by atomic mass is 10.1. The summed E-state index contributed by atoms with van der Waals surface area (Å²) < 4.78 is 5.24. The van der Waals surface area contributed by atoms with Gasteiger partial charge in [-0.2, -0.15) is 0 Å². The van der Waals surface area contributed by atoms with Crippen LogP contribution in [-0.4, -0.2) is 23.8 Å². The summed E-state index contributed by atoms with van der Waals surface area (Å²) in [5.41, 5.74) is 0.481. The number of hydrogen-bond acceptors (Lipinski definition) is 4. The Balaban J connectivity index is 2.29. The largest absolute Gasteiger partial charge is 0.496 e. The number of thioether (sulfide) groups is 1. The van der Waals surface area contributed by atoms with Gasteiger partial charge in [-0.25, -0.2) is 0 Å². The summed E-state index contributed by atoms with van der Waals surface area (Å²) in [6.45, 7) is 4.26. The van der Waals surface area contributed by atoms with E-state index in [-0.39, 0.29) is 5.78 Å². The number of carbonyl (C=O) groups is 1. The topological polar surface area (TPSA) is 29.5 Å². The maximum atomic E-state index is 12.5. The molecule has 0 fully saturated rings. The van der Waals surface area contributed by atoms with Crippen molar-refractivity contribution >= 4 is 29.1 Å². The minimum absolute atomic E-state index is 0.103. The Hall–Kier alpha value is -1.39. The first-order valence-electron chi connectivity index (χ1n) is 6.78.